The first-order valence-corrected chi connectivity index (χ1v) is 18.7. The maximum Gasteiger partial charge on any atom is 0.469 e. The number of unbranched alkanes of at least 4 members (excludes halogenated alkanes) is 27. The predicted molar refractivity (Wildman–Crippen MR) is 173 cm³/mol. The maximum absolute atomic E-state index is 10.6. The number of phosphoric acid groups is 1. The van der Waals surface area contributed by atoms with E-state index >= 15 is 0 Å². The van der Waals surface area contributed by atoms with Crippen molar-refractivity contribution in [3.63, 3.8) is 0 Å². The zero-order valence-corrected chi connectivity index (χ0v) is 27.3. The second-order valence-corrected chi connectivity index (χ2v) is 13.9. The van der Waals surface area contributed by atoms with Gasteiger partial charge in [-0.25, -0.2) is 4.57 Å². The minimum absolute atomic E-state index is 0.167. The van der Waals surface area contributed by atoms with Crippen LogP contribution >= 0.6 is 32.7 Å². The van der Waals surface area contributed by atoms with Crippen LogP contribution in [0.4, 0.5) is 0 Å². The Hall–Kier alpha value is 0.550. The summed E-state index contributed by atoms with van der Waals surface area (Å²) in [6.45, 7) is 0.167. The quantitative estimate of drug-likeness (QED) is 0.0313. The molecule has 0 rings (SSSR count). The van der Waals surface area contributed by atoms with Crippen molar-refractivity contribution in [3.05, 3.63) is 0 Å². The zero-order valence-electron chi connectivity index (χ0n) is 24.7. The second-order valence-electron chi connectivity index (χ2n) is 11.4. The number of thiol groups is 1. The molecule has 0 bridgehead atoms. The Balaban J connectivity index is 3.06. The van der Waals surface area contributed by atoms with E-state index in [1.807, 2.05) is 0 Å². The Kier molecular flexibility index (Phi) is 30.9. The molecule has 38 heavy (non-hydrogen) atoms. The summed E-state index contributed by atoms with van der Waals surface area (Å²) in [5, 5.41) is 0. The van der Waals surface area contributed by atoms with E-state index < -0.39 is 7.82 Å². The average Bonchev–Trinajstić information content (AvgIpc) is 2.86. The van der Waals surface area contributed by atoms with Crippen molar-refractivity contribution in [1.82, 2.24) is 0 Å². The zero-order chi connectivity index (χ0) is 28.0. The van der Waals surface area contributed by atoms with E-state index in [4.69, 9.17) is 22.0 Å². The fourth-order valence-electron chi connectivity index (χ4n) is 5.16. The smallest absolute Gasteiger partial charge is 0.303 e. The van der Waals surface area contributed by atoms with E-state index in [-0.39, 0.29) is 6.61 Å². The molecule has 0 aliphatic rings. The molecule has 0 saturated heterocycles. The van der Waals surface area contributed by atoms with Crippen LogP contribution < -0.4 is 0 Å². The summed E-state index contributed by atoms with van der Waals surface area (Å²) in [6.07, 6.45) is 38.7. The van der Waals surface area contributed by atoms with Gasteiger partial charge >= 0.3 is 7.82 Å². The van der Waals surface area contributed by atoms with Crippen molar-refractivity contribution in [2.75, 3.05) is 6.61 Å². The van der Waals surface area contributed by atoms with Gasteiger partial charge in [-0.1, -0.05) is 179 Å². The van der Waals surface area contributed by atoms with Gasteiger partial charge in [-0.2, -0.15) is 0 Å². The van der Waals surface area contributed by atoms with Crippen molar-refractivity contribution in [3.8, 4) is 0 Å². The Bertz CT molecular complexity index is 542. The van der Waals surface area contributed by atoms with Crippen LogP contribution in [-0.2, 0) is 9.09 Å². The highest BCUT2D eigenvalue weighted by Crippen LogP contribution is 2.35. The lowest BCUT2D eigenvalue weighted by Crippen LogP contribution is -1.92. The van der Waals surface area contributed by atoms with Crippen LogP contribution in [-0.4, -0.2) is 20.6 Å². The van der Waals surface area contributed by atoms with Crippen molar-refractivity contribution in [2.45, 2.75) is 186 Å². The molecule has 0 amide bonds. The highest BCUT2D eigenvalue weighted by Gasteiger charge is 2.12. The summed E-state index contributed by atoms with van der Waals surface area (Å²) in [5.41, 5.74) is 0. The Morgan fingerprint density at radius 2 is 0.684 bits per heavy atom. The van der Waals surface area contributed by atoms with Crippen LogP contribution in [0.15, 0.2) is 0 Å². The molecule has 0 atom stereocenters. The molecule has 0 spiro atoms. The number of thiocarbonyl (C=S) groups is 1. The SMILES string of the molecule is O=P(O)(O)OCCCCCCCCCCCCCCCCCCCCCCCCCCCCCCC(=S)S. The van der Waals surface area contributed by atoms with Gasteiger partial charge in [0.15, 0.2) is 0 Å². The van der Waals surface area contributed by atoms with Crippen molar-refractivity contribution < 1.29 is 18.9 Å². The summed E-state index contributed by atoms with van der Waals surface area (Å²) in [7, 11) is -4.27. The van der Waals surface area contributed by atoms with Gasteiger partial charge in [0.1, 0.15) is 0 Å². The van der Waals surface area contributed by atoms with Crippen molar-refractivity contribution in [2.24, 2.45) is 0 Å². The van der Waals surface area contributed by atoms with Gasteiger partial charge in [-0.15, -0.1) is 12.6 Å². The third-order valence-electron chi connectivity index (χ3n) is 7.54. The van der Waals surface area contributed by atoms with Gasteiger partial charge in [-0.3, -0.25) is 4.52 Å². The van der Waals surface area contributed by atoms with Gasteiger partial charge in [0, 0.05) is 4.20 Å². The number of rotatable bonds is 32. The fourth-order valence-corrected chi connectivity index (χ4v) is 5.83. The minimum Gasteiger partial charge on any atom is -0.303 e. The first-order chi connectivity index (χ1) is 18.4. The first-order valence-electron chi connectivity index (χ1n) is 16.3. The van der Waals surface area contributed by atoms with Crippen LogP contribution in [0.5, 0.6) is 0 Å². The topological polar surface area (TPSA) is 66.8 Å². The molecule has 0 radical (unpaired) electrons. The summed E-state index contributed by atoms with van der Waals surface area (Å²) < 4.78 is 15.9. The van der Waals surface area contributed by atoms with Crippen LogP contribution in [0, 0.1) is 0 Å². The molecular weight excluding hydrogens is 531 g/mol. The summed E-state index contributed by atoms with van der Waals surface area (Å²) in [5.74, 6) is 0. The minimum atomic E-state index is -4.27. The number of phosphoric ester groups is 1. The molecule has 228 valence electrons. The molecule has 0 heterocycles. The fraction of sp³-hybridized carbons (Fsp3) is 0.968. The van der Waals surface area contributed by atoms with Crippen molar-refractivity contribution >= 4 is 36.9 Å². The van der Waals surface area contributed by atoms with E-state index in [2.05, 4.69) is 17.2 Å². The molecule has 0 fully saturated rings. The molecule has 0 aromatic heterocycles. The molecule has 7 heteroatoms. The highest BCUT2D eigenvalue weighted by molar-refractivity contribution is 8.11. The maximum atomic E-state index is 10.6. The van der Waals surface area contributed by atoms with Gasteiger partial charge in [0.25, 0.3) is 0 Å². The Morgan fingerprint density at radius 3 is 0.895 bits per heavy atom. The summed E-state index contributed by atoms with van der Waals surface area (Å²) in [4.78, 5) is 17.2. The lowest BCUT2D eigenvalue weighted by atomic mass is 10.0. The van der Waals surface area contributed by atoms with E-state index in [9.17, 15) is 4.57 Å². The van der Waals surface area contributed by atoms with Crippen LogP contribution in [0.2, 0.25) is 0 Å². The van der Waals surface area contributed by atoms with E-state index in [1.54, 1.807) is 0 Å². The third kappa shape index (κ3) is 36.5. The standard InChI is InChI=1S/C31H63O4PS2/c32-36(33,34)35-30-28-26-24-22-20-18-16-14-12-10-8-6-4-2-1-3-5-7-9-11-13-15-17-19-21-23-25-27-29-31(37)38/h1-30H2,(H,37,38)(H2,32,33,34). The number of hydrogen-bond acceptors (Lipinski definition) is 3. The third-order valence-corrected chi connectivity index (χ3v) is 8.49. The monoisotopic (exact) mass is 594 g/mol. The molecule has 0 aliphatic carbocycles. The molecule has 0 aromatic carbocycles. The van der Waals surface area contributed by atoms with Gasteiger partial charge in [0.2, 0.25) is 0 Å². The Labute approximate surface area is 247 Å². The lowest BCUT2D eigenvalue weighted by molar-refractivity contribution is 0.193. The molecule has 2 N–H and O–H groups in total. The summed E-state index contributed by atoms with van der Waals surface area (Å²) in [6, 6.07) is 0. The molecule has 4 nitrogen and oxygen atoms in total. The molecule has 0 unspecified atom stereocenters. The largest absolute Gasteiger partial charge is 0.469 e. The van der Waals surface area contributed by atoms with Gasteiger partial charge in [0.05, 0.1) is 6.61 Å². The van der Waals surface area contributed by atoms with Crippen LogP contribution in [0.25, 0.3) is 0 Å². The van der Waals surface area contributed by atoms with Crippen LogP contribution in [0.3, 0.4) is 0 Å². The summed E-state index contributed by atoms with van der Waals surface area (Å²) >= 11 is 9.18. The van der Waals surface area contributed by atoms with Crippen molar-refractivity contribution in [1.29, 1.82) is 0 Å². The molecular formula is C31H63O4PS2. The van der Waals surface area contributed by atoms with Crippen LogP contribution in [0.1, 0.15) is 186 Å². The molecule has 0 aromatic rings. The van der Waals surface area contributed by atoms with E-state index in [0.717, 1.165) is 29.9 Å². The van der Waals surface area contributed by atoms with Gasteiger partial charge in [-0.05, 0) is 19.3 Å². The predicted octanol–water partition coefficient (Wildman–Crippen LogP) is 11.7. The second kappa shape index (κ2) is 30.5. The van der Waals surface area contributed by atoms with E-state index in [0.29, 0.717) is 0 Å². The molecule has 0 saturated carbocycles. The highest BCUT2D eigenvalue weighted by atomic mass is 32.1. The normalized spacial score (nSPS) is 11.9. The average molecular weight is 595 g/mol. The Morgan fingerprint density at radius 1 is 0.474 bits per heavy atom. The van der Waals surface area contributed by atoms with E-state index in [1.165, 1.54) is 161 Å². The lowest BCUT2D eigenvalue weighted by Gasteiger charge is -2.05. The number of hydrogen-bond donors (Lipinski definition) is 3. The van der Waals surface area contributed by atoms with Gasteiger partial charge < -0.3 is 9.79 Å². The molecule has 0 aliphatic heterocycles. The first kappa shape index (κ1) is 38.5.